The van der Waals surface area contributed by atoms with E-state index in [4.69, 9.17) is 5.73 Å². The zero-order valence-electron chi connectivity index (χ0n) is 11.2. The Labute approximate surface area is 123 Å². The van der Waals surface area contributed by atoms with Crippen LogP contribution in [0.1, 0.15) is 29.0 Å². The van der Waals surface area contributed by atoms with Crippen molar-refractivity contribution in [3.05, 3.63) is 47.9 Å². The van der Waals surface area contributed by atoms with E-state index in [1.807, 2.05) is 19.1 Å². The lowest BCUT2D eigenvalue weighted by molar-refractivity contribution is 0.0601. The first-order valence-electron chi connectivity index (χ1n) is 5.88. The Balaban J connectivity index is 0.00000200. The smallest absolute Gasteiger partial charge is 0.337 e. The van der Waals surface area contributed by atoms with Gasteiger partial charge in [0.1, 0.15) is 0 Å². The van der Waals surface area contributed by atoms with E-state index in [1.54, 1.807) is 24.5 Å². The van der Waals surface area contributed by atoms with E-state index in [0.29, 0.717) is 5.56 Å². The molecule has 0 saturated heterocycles. The van der Waals surface area contributed by atoms with Gasteiger partial charge in [-0.05, 0) is 19.1 Å². The van der Waals surface area contributed by atoms with E-state index in [2.05, 4.69) is 14.7 Å². The summed E-state index contributed by atoms with van der Waals surface area (Å²) in [6, 6.07) is 6.80. The van der Waals surface area contributed by atoms with Gasteiger partial charge in [0.05, 0.1) is 24.1 Å². The summed E-state index contributed by atoms with van der Waals surface area (Å²) in [4.78, 5) is 19.9. The first-order chi connectivity index (χ1) is 9.13. The Bertz CT molecular complexity index is 585. The maximum atomic E-state index is 11.4. The second kappa shape index (κ2) is 6.98. The molecule has 0 aliphatic heterocycles. The summed E-state index contributed by atoms with van der Waals surface area (Å²) >= 11 is 0. The minimum absolute atomic E-state index is 0. The molecule has 1 atom stereocenters. The van der Waals surface area contributed by atoms with E-state index in [9.17, 15) is 4.79 Å². The molecule has 0 aliphatic carbocycles. The fourth-order valence-electron chi connectivity index (χ4n) is 1.79. The van der Waals surface area contributed by atoms with Gasteiger partial charge in [-0.3, -0.25) is 9.97 Å². The Hall–Kier alpha value is -1.98. The van der Waals surface area contributed by atoms with Crippen LogP contribution in [0.5, 0.6) is 0 Å². The molecule has 5 nitrogen and oxygen atoms in total. The van der Waals surface area contributed by atoms with Crippen LogP contribution in [0.15, 0.2) is 36.7 Å². The summed E-state index contributed by atoms with van der Waals surface area (Å²) in [6.07, 6.45) is 3.24. The number of carbonyl (C=O) groups is 1. The minimum atomic E-state index is -0.363. The van der Waals surface area contributed by atoms with Gasteiger partial charge in [0.25, 0.3) is 0 Å². The predicted octanol–water partition coefficient (Wildman–Crippen LogP) is 2.37. The highest BCUT2D eigenvalue weighted by Gasteiger charge is 2.12. The number of rotatable bonds is 3. The molecule has 0 amide bonds. The standard InChI is InChI=1S/C14H15N3O2.ClH/c1-9(15)12-13(17-8-7-16-12)10-3-5-11(6-4-10)14(18)19-2;/h3-9H,15H2,1-2H3;1H/t9-;/m1./s1. The lowest BCUT2D eigenvalue weighted by Crippen LogP contribution is -2.10. The van der Waals surface area contributed by atoms with Crippen LogP contribution in [-0.4, -0.2) is 23.0 Å². The van der Waals surface area contributed by atoms with Gasteiger partial charge < -0.3 is 10.5 Å². The van der Waals surface area contributed by atoms with Crippen LogP contribution in [0.3, 0.4) is 0 Å². The summed E-state index contributed by atoms with van der Waals surface area (Å²) < 4.78 is 4.66. The van der Waals surface area contributed by atoms with Crippen molar-refractivity contribution in [3.63, 3.8) is 0 Å². The maximum absolute atomic E-state index is 11.4. The fourth-order valence-corrected chi connectivity index (χ4v) is 1.79. The molecule has 1 aromatic heterocycles. The van der Waals surface area contributed by atoms with Crippen LogP contribution in [-0.2, 0) is 4.74 Å². The Kier molecular flexibility index (Phi) is 5.61. The highest BCUT2D eigenvalue weighted by molar-refractivity contribution is 5.89. The molecule has 0 bridgehead atoms. The number of aromatic nitrogens is 2. The number of nitrogens with two attached hydrogens (primary N) is 1. The normalized spacial score (nSPS) is 11.3. The van der Waals surface area contributed by atoms with Crippen molar-refractivity contribution in [2.75, 3.05) is 7.11 Å². The first-order valence-corrected chi connectivity index (χ1v) is 5.88. The molecule has 2 N–H and O–H groups in total. The van der Waals surface area contributed by atoms with Gasteiger partial charge in [-0.2, -0.15) is 0 Å². The third-order valence-corrected chi connectivity index (χ3v) is 2.74. The predicted molar refractivity (Wildman–Crippen MR) is 78.7 cm³/mol. The van der Waals surface area contributed by atoms with Crippen molar-refractivity contribution in [3.8, 4) is 11.3 Å². The van der Waals surface area contributed by atoms with Crippen molar-refractivity contribution < 1.29 is 9.53 Å². The molecular formula is C14H16ClN3O2. The second-order valence-electron chi connectivity index (χ2n) is 4.15. The van der Waals surface area contributed by atoms with E-state index < -0.39 is 0 Å². The van der Waals surface area contributed by atoms with Gasteiger partial charge in [0.15, 0.2) is 0 Å². The molecule has 0 radical (unpaired) electrons. The second-order valence-corrected chi connectivity index (χ2v) is 4.15. The summed E-state index contributed by atoms with van der Waals surface area (Å²) in [5.74, 6) is -0.363. The van der Waals surface area contributed by atoms with Gasteiger partial charge in [-0.1, -0.05) is 12.1 Å². The largest absolute Gasteiger partial charge is 0.465 e. The summed E-state index contributed by atoms with van der Waals surface area (Å²) in [5, 5.41) is 0. The van der Waals surface area contributed by atoms with Crippen LogP contribution >= 0.6 is 12.4 Å². The van der Waals surface area contributed by atoms with Crippen LogP contribution in [0.25, 0.3) is 11.3 Å². The summed E-state index contributed by atoms with van der Waals surface area (Å²) in [5.41, 5.74) is 8.70. The average molecular weight is 294 g/mol. The third kappa shape index (κ3) is 3.31. The molecule has 0 aliphatic rings. The molecule has 6 heteroatoms. The van der Waals surface area contributed by atoms with Crippen LogP contribution in [0, 0.1) is 0 Å². The maximum Gasteiger partial charge on any atom is 0.337 e. The van der Waals surface area contributed by atoms with Crippen LogP contribution in [0.4, 0.5) is 0 Å². The monoisotopic (exact) mass is 293 g/mol. The van der Waals surface area contributed by atoms with Gasteiger partial charge in [0.2, 0.25) is 0 Å². The number of carbonyl (C=O) groups excluding carboxylic acids is 1. The zero-order chi connectivity index (χ0) is 13.8. The Morgan fingerprint density at radius 1 is 1.20 bits per heavy atom. The molecular weight excluding hydrogens is 278 g/mol. The molecule has 0 fully saturated rings. The number of ether oxygens (including phenoxy) is 1. The van der Waals surface area contributed by atoms with Gasteiger partial charge >= 0.3 is 5.97 Å². The van der Waals surface area contributed by atoms with Crippen LogP contribution < -0.4 is 5.73 Å². The van der Waals surface area contributed by atoms with Gasteiger partial charge in [-0.15, -0.1) is 12.4 Å². The first kappa shape index (κ1) is 16.1. The van der Waals surface area contributed by atoms with E-state index in [-0.39, 0.29) is 24.4 Å². The molecule has 0 spiro atoms. The zero-order valence-corrected chi connectivity index (χ0v) is 12.1. The lowest BCUT2D eigenvalue weighted by Gasteiger charge is -2.10. The van der Waals surface area contributed by atoms with Gasteiger partial charge in [0, 0.05) is 24.0 Å². The highest BCUT2D eigenvalue weighted by Crippen LogP contribution is 2.23. The Morgan fingerprint density at radius 2 is 1.80 bits per heavy atom. The molecule has 20 heavy (non-hydrogen) atoms. The number of halogens is 1. The van der Waals surface area contributed by atoms with Crippen LogP contribution in [0.2, 0.25) is 0 Å². The number of hydrogen-bond donors (Lipinski definition) is 1. The topological polar surface area (TPSA) is 78.1 Å². The number of esters is 1. The molecule has 1 heterocycles. The summed E-state index contributed by atoms with van der Waals surface area (Å²) in [7, 11) is 1.35. The number of benzene rings is 1. The quantitative estimate of drug-likeness (QED) is 0.879. The van der Waals surface area contributed by atoms with Crippen molar-refractivity contribution in [1.29, 1.82) is 0 Å². The van der Waals surface area contributed by atoms with Crippen molar-refractivity contribution in [2.45, 2.75) is 13.0 Å². The Morgan fingerprint density at radius 3 is 2.35 bits per heavy atom. The molecule has 0 unspecified atom stereocenters. The van der Waals surface area contributed by atoms with Crippen molar-refractivity contribution in [2.24, 2.45) is 5.73 Å². The average Bonchev–Trinajstić information content (AvgIpc) is 2.46. The summed E-state index contributed by atoms with van der Waals surface area (Å²) in [6.45, 7) is 1.86. The third-order valence-electron chi connectivity index (χ3n) is 2.74. The molecule has 106 valence electrons. The number of nitrogens with zero attached hydrogens (tertiary/aromatic N) is 2. The van der Waals surface area contributed by atoms with Crippen molar-refractivity contribution in [1.82, 2.24) is 9.97 Å². The molecule has 1 aromatic carbocycles. The van der Waals surface area contributed by atoms with E-state index >= 15 is 0 Å². The lowest BCUT2D eigenvalue weighted by atomic mass is 10.0. The molecule has 2 aromatic rings. The minimum Gasteiger partial charge on any atom is -0.465 e. The highest BCUT2D eigenvalue weighted by atomic mass is 35.5. The molecule has 0 saturated carbocycles. The van der Waals surface area contributed by atoms with E-state index in [1.165, 1.54) is 7.11 Å². The van der Waals surface area contributed by atoms with Gasteiger partial charge in [-0.25, -0.2) is 4.79 Å². The van der Waals surface area contributed by atoms with Crippen molar-refractivity contribution >= 4 is 18.4 Å². The number of hydrogen-bond acceptors (Lipinski definition) is 5. The molecule has 2 rings (SSSR count). The number of methoxy groups -OCH3 is 1. The fraction of sp³-hybridized carbons (Fsp3) is 0.214. The SMILES string of the molecule is COC(=O)c1ccc(-c2nccnc2[C@@H](C)N)cc1.Cl. The van der Waals surface area contributed by atoms with E-state index in [0.717, 1.165) is 17.0 Å².